The van der Waals surface area contributed by atoms with Crippen molar-refractivity contribution in [2.24, 2.45) is 0 Å². The maximum Gasteiger partial charge on any atom is 0.226 e. The fraction of sp³-hybridized carbons (Fsp3) is 0.238. The molecule has 146 valence electrons. The van der Waals surface area contributed by atoms with Gasteiger partial charge in [-0.25, -0.2) is 9.37 Å². The van der Waals surface area contributed by atoms with Crippen LogP contribution in [0.4, 0.5) is 4.39 Å². The molecule has 0 aliphatic heterocycles. The summed E-state index contributed by atoms with van der Waals surface area (Å²) in [5.74, 6) is 0.334. The molecular weight excluding hydrogens is 365 g/mol. The van der Waals surface area contributed by atoms with Crippen LogP contribution < -0.4 is 9.47 Å². The Bertz CT molecular complexity index is 983. The lowest BCUT2D eigenvalue weighted by Crippen LogP contribution is -2.02. The molecule has 3 rings (SSSR count). The van der Waals surface area contributed by atoms with Crippen molar-refractivity contribution in [3.8, 4) is 28.7 Å². The largest absolute Gasteiger partial charge is 0.507 e. The number of carbonyl (C=O) groups is 1. The number of rotatable bonds is 8. The summed E-state index contributed by atoms with van der Waals surface area (Å²) >= 11 is 0. The summed E-state index contributed by atoms with van der Waals surface area (Å²) in [5, 5.41) is 9.71. The highest BCUT2D eigenvalue weighted by Crippen LogP contribution is 2.32. The number of aromatic nitrogens is 1. The van der Waals surface area contributed by atoms with Gasteiger partial charge in [-0.05, 0) is 37.3 Å². The standard InChI is InChI=1S/C21H20FNO5/c1-3-27-20-10-13(4-9-19(20)26-2)21-23-15(12-28-21)6-8-17(24)16-7-5-14(22)11-18(16)25/h4-5,7,9-12,25H,3,6,8H2,1-2H3. The fourth-order valence-corrected chi connectivity index (χ4v) is 2.75. The first-order valence-corrected chi connectivity index (χ1v) is 8.79. The normalized spacial score (nSPS) is 10.7. The Hall–Kier alpha value is -3.35. The molecule has 3 aromatic rings. The molecule has 0 spiro atoms. The number of ether oxygens (including phenoxy) is 2. The van der Waals surface area contributed by atoms with E-state index in [1.54, 1.807) is 25.3 Å². The lowest BCUT2D eigenvalue weighted by Gasteiger charge is -2.09. The van der Waals surface area contributed by atoms with Gasteiger partial charge in [0.25, 0.3) is 0 Å². The number of aromatic hydroxyl groups is 1. The van der Waals surface area contributed by atoms with Crippen LogP contribution >= 0.6 is 0 Å². The smallest absolute Gasteiger partial charge is 0.226 e. The Morgan fingerprint density at radius 1 is 1.21 bits per heavy atom. The van der Waals surface area contributed by atoms with Crippen molar-refractivity contribution in [2.45, 2.75) is 19.8 Å². The van der Waals surface area contributed by atoms with Crippen molar-refractivity contribution in [1.29, 1.82) is 0 Å². The van der Waals surface area contributed by atoms with Crippen molar-refractivity contribution in [2.75, 3.05) is 13.7 Å². The molecule has 0 aliphatic carbocycles. The molecule has 0 saturated heterocycles. The van der Waals surface area contributed by atoms with Crippen molar-refractivity contribution in [3.63, 3.8) is 0 Å². The van der Waals surface area contributed by atoms with Crippen molar-refractivity contribution in [3.05, 3.63) is 59.7 Å². The van der Waals surface area contributed by atoms with Gasteiger partial charge in [-0.15, -0.1) is 0 Å². The number of carbonyl (C=O) groups excluding carboxylic acids is 1. The van der Waals surface area contributed by atoms with E-state index in [0.29, 0.717) is 36.1 Å². The van der Waals surface area contributed by atoms with Gasteiger partial charge in [0.2, 0.25) is 5.89 Å². The van der Waals surface area contributed by atoms with E-state index in [-0.39, 0.29) is 23.5 Å². The van der Waals surface area contributed by atoms with Crippen LogP contribution in [0, 0.1) is 5.82 Å². The number of benzene rings is 2. The SMILES string of the molecule is CCOc1cc(-c2nc(CCC(=O)c3ccc(F)cc3O)co2)ccc1OC. The van der Waals surface area contributed by atoms with Gasteiger partial charge in [0.1, 0.15) is 17.8 Å². The lowest BCUT2D eigenvalue weighted by atomic mass is 10.0. The predicted octanol–water partition coefficient (Wildman–Crippen LogP) is 4.41. The summed E-state index contributed by atoms with van der Waals surface area (Å²) in [6.07, 6.45) is 1.92. The molecule has 0 amide bonds. The van der Waals surface area contributed by atoms with E-state index in [9.17, 15) is 14.3 Å². The van der Waals surface area contributed by atoms with Crippen LogP contribution in [-0.4, -0.2) is 29.6 Å². The summed E-state index contributed by atoms with van der Waals surface area (Å²) in [6, 6.07) is 8.68. The van der Waals surface area contributed by atoms with E-state index >= 15 is 0 Å². The van der Waals surface area contributed by atoms with E-state index in [1.165, 1.54) is 12.3 Å². The zero-order valence-corrected chi connectivity index (χ0v) is 15.6. The first-order chi connectivity index (χ1) is 13.5. The van der Waals surface area contributed by atoms with E-state index in [4.69, 9.17) is 13.9 Å². The van der Waals surface area contributed by atoms with Crippen LogP contribution in [0.15, 0.2) is 47.1 Å². The number of hydrogen-bond donors (Lipinski definition) is 1. The van der Waals surface area contributed by atoms with Crippen LogP contribution in [0.3, 0.4) is 0 Å². The third kappa shape index (κ3) is 4.31. The van der Waals surface area contributed by atoms with Crippen LogP contribution in [-0.2, 0) is 6.42 Å². The van der Waals surface area contributed by atoms with Gasteiger partial charge in [-0.1, -0.05) is 0 Å². The number of nitrogens with zero attached hydrogens (tertiary/aromatic N) is 1. The Labute approximate surface area is 161 Å². The van der Waals surface area contributed by atoms with E-state index in [0.717, 1.165) is 17.7 Å². The molecule has 7 heteroatoms. The molecule has 2 aromatic carbocycles. The van der Waals surface area contributed by atoms with Crippen molar-refractivity contribution in [1.82, 2.24) is 4.98 Å². The monoisotopic (exact) mass is 385 g/mol. The maximum atomic E-state index is 13.0. The van der Waals surface area contributed by atoms with Crippen LogP contribution in [0.1, 0.15) is 29.4 Å². The lowest BCUT2D eigenvalue weighted by molar-refractivity contribution is 0.0980. The summed E-state index contributed by atoms with van der Waals surface area (Å²) < 4.78 is 29.4. The molecule has 1 heterocycles. The summed E-state index contributed by atoms with van der Waals surface area (Å²) in [4.78, 5) is 16.6. The minimum absolute atomic E-state index is 0.0848. The van der Waals surface area contributed by atoms with Crippen LogP contribution in [0.5, 0.6) is 17.2 Å². The van der Waals surface area contributed by atoms with Gasteiger partial charge >= 0.3 is 0 Å². The van der Waals surface area contributed by atoms with Gasteiger partial charge in [0.05, 0.1) is 25.0 Å². The molecule has 6 nitrogen and oxygen atoms in total. The molecule has 1 aromatic heterocycles. The van der Waals surface area contributed by atoms with Gasteiger partial charge in [0, 0.05) is 24.5 Å². The highest BCUT2D eigenvalue weighted by Gasteiger charge is 2.15. The first-order valence-electron chi connectivity index (χ1n) is 8.79. The number of halogens is 1. The molecule has 0 fully saturated rings. The number of Topliss-reactive ketones (excluding diaryl/α,β-unsaturated/α-hetero) is 1. The predicted molar refractivity (Wildman–Crippen MR) is 100 cm³/mol. The average Bonchev–Trinajstić information content (AvgIpc) is 3.15. The zero-order valence-electron chi connectivity index (χ0n) is 15.6. The molecule has 0 bridgehead atoms. The summed E-state index contributed by atoms with van der Waals surface area (Å²) in [5.41, 5.74) is 1.40. The molecule has 0 saturated carbocycles. The molecular formula is C21H20FNO5. The summed E-state index contributed by atoms with van der Waals surface area (Å²) in [6.45, 7) is 2.38. The molecule has 0 aliphatic rings. The quantitative estimate of drug-likeness (QED) is 0.579. The number of oxazole rings is 1. The molecule has 28 heavy (non-hydrogen) atoms. The number of methoxy groups -OCH3 is 1. The first kappa shape index (κ1) is 19.4. The van der Waals surface area contributed by atoms with Crippen molar-refractivity contribution >= 4 is 5.78 Å². The fourth-order valence-electron chi connectivity index (χ4n) is 2.75. The second-order valence-corrected chi connectivity index (χ2v) is 6.03. The minimum atomic E-state index is -0.596. The van der Waals surface area contributed by atoms with Crippen LogP contribution in [0.2, 0.25) is 0 Å². The maximum absolute atomic E-state index is 13.0. The van der Waals surface area contributed by atoms with Crippen molar-refractivity contribution < 1.29 is 28.2 Å². The third-order valence-electron chi connectivity index (χ3n) is 4.13. The van der Waals surface area contributed by atoms with E-state index in [1.807, 2.05) is 6.92 Å². The number of hydrogen-bond acceptors (Lipinski definition) is 6. The second-order valence-electron chi connectivity index (χ2n) is 6.03. The van der Waals surface area contributed by atoms with Gasteiger partial charge < -0.3 is 19.0 Å². The number of ketones is 1. The van der Waals surface area contributed by atoms with Gasteiger partial charge in [-0.2, -0.15) is 0 Å². The Morgan fingerprint density at radius 2 is 2.04 bits per heavy atom. The van der Waals surface area contributed by atoms with Gasteiger partial charge in [-0.3, -0.25) is 4.79 Å². The highest BCUT2D eigenvalue weighted by molar-refractivity contribution is 5.98. The topological polar surface area (TPSA) is 81.8 Å². The average molecular weight is 385 g/mol. The summed E-state index contributed by atoms with van der Waals surface area (Å²) in [7, 11) is 1.57. The number of phenols is 1. The van der Waals surface area contributed by atoms with Gasteiger partial charge in [0.15, 0.2) is 17.3 Å². The minimum Gasteiger partial charge on any atom is -0.507 e. The molecule has 1 N–H and O–H groups in total. The molecule has 0 atom stereocenters. The highest BCUT2D eigenvalue weighted by atomic mass is 19.1. The van der Waals surface area contributed by atoms with Crippen LogP contribution in [0.25, 0.3) is 11.5 Å². The second kappa shape index (κ2) is 8.56. The Balaban J connectivity index is 1.70. The van der Waals surface area contributed by atoms with E-state index < -0.39 is 5.82 Å². The number of phenolic OH excluding ortho intramolecular Hbond substituents is 1. The van der Waals surface area contributed by atoms with E-state index in [2.05, 4.69) is 4.98 Å². The Kier molecular flexibility index (Phi) is 5.93. The molecule has 0 unspecified atom stereocenters. The molecule has 0 radical (unpaired) electrons. The Morgan fingerprint density at radius 3 is 2.75 bits per heavy atom. The third-order valence-corrected chi connectivity index (χ3v) is 4.13. The zero-order chi connectivity index (χ0) is 20.1. The number of aryl methyl sites for hydroxylation is 1.